The van der Waals surface area contributed by atoms with Crippen LogP contribution in [-0.4, -0.2) is 37.4 Å². The maximum atomic E-state index is 11.4. The van der Waals surface area contributed by atoms with Gasteiger partial charge in [0.2, 0.25) is 17.7 Å². The van der Waals surface area contributed by atoms with Gasteiger partial charge in [-0.1, -0.05) is 27.7 Å². The minimum absolute atomic E-state index is 0.00773. The third-order valence-electron chi connectivity index (χ3n) is 2.19. The van der Waals surface area contributed by atoms with Crippen LogP contribution in [0, 0.1) is 5.41 Å². The normalized spacial score (nSPS) is 10.7. The molecule has 0 radical (unpaired) electrons. The molecule has 0 rings (SSSR count). The summed E-state index contributed by atoms with van der Waals surface area (Å²) in [6.45, 7) is 8.30. The van der Waals surface area contributed by atoms with Gasteiger partial charge in [0.25, 0.3) is 0 Å². The van der Waals surface area contributed by atoms with E-state index in [1.54, 1.807) is 0 Å². The SMILES string of the molecule is CCCC(=O)NCC(=O)NCC(=O)NCC(C)(C)C. The molecule has 3 amide bonds. The second-order valence-electron chi connectivity index (χ2n) is 5.64. The van der Waals surface area contributed by atoms with Gasteiger partial charge in [0.15, 0.2) is 0 Å². The minimum atomic E-state index is -0.365. The van der Waals surface area contributed by atoms with E-state index in [2.05, 4.69) is 16.0 Å². The molecule has 0 aromatic rings. The summed E-state index contributed by atoms with van der Waals surface area (Å²) in [6.07, 6.45) is 1.14. The van der Waals surface area contributed by atoms with E-state index in [-0.39, 0.29) is 36.2 Å². The first-order valence-corrected chi connectivity index (χ1v) is 6.54. The van der Waals surface area contributed by atoms with Gasteiger partial charge < -0.3 is 16.0 Å². The van der Waals surface area contributed by atoms with Gasteiger partial charge in [-0.05, 0) is 11.8 Å². The van der Waals surface area contributed by atoms with Crippen LogP contribution in [0.15, 0.2) is 0 Å². The lowest BCUT2D eigenvalue weighted by Crippen LogP contribution is -2.43. The lowest BCUT2D eigenvalue weighted by atomic mass is 9.97. The number of hydrogen-bond donors (Lipinski definition) is 3. The number of amides is 3. The van der Waals surface area contributed by atoms with Gasteiger partial charge in [0.05, 0.1) is 13.1 Å². The first kappa shape index (κ1) is 17.4. The second kappa shape index (κ2) is 8.50. The van der Waals surface area contributed by atoms with Gasteiger partial charge in [-0.3, -0.25) is 14.4 Å². The second-order valence-corrected chi connectivity index (χ2v) is 5.64. The lowest BCUT2D eigenvalue weighted by Gasteiger charge is -2.18. The first-order valence-electron chi connectivity index (χ1n) is 6.54. The molecule has 0 heterocycles. The van der Waals surface area contributed by atoms with Crippen LogP contribution in [0.25, 0.3) is 0 Å². The van der Waals surface area contributed by atoms with Crippen LogP contribution in [0.3, 0.4) is 0 Å². The Balaban J connectivity index is 3.73. The number of carbonyl (C=O) groups is 3. The van der Waals surface area contributed by atoms with Crippen molar-refractivity contribution in [3.05, 3.63) is 0 Å². The zero-order chi connectivity index (χ0) is 14.9. The Kier molecular flexibility index (Phi) is 7.79. The maximum absolute atomic E-state index is 11.4. The largest absolute Gasteiger partial charge is 0.354 e. The molecule has 0 aliphatic carbocycles. The van der Waals surface area contributed by atoms with Gasteiger partial charge in [-0.25, -0.2) is 0 Å². The van der Waals surface area contributed by atoms with Crippen molar-refractivity contribution in [2.75, 3.05) is 19.6 Å². The zero-order valence-electron chi connectivity index (χ0n) is 12.3. The molecule has 6 nitrogen and oxygen atoms in total. The van der Waals surface area contributed by atoms with Crippen molar-refractivity contribution in [1.29, 1.82) is 0 Å². The quantitative estimate of drug-likeness (QED) is 0.617. The Morgan fingerprint density at radius 1 is 0.842 bits per heavy atom. The summed E-state index contributed by atoms with van der Waals surface area (Å²) in [4.78, 5) is 33.9. The molecular weight excluding hydrogens is 246 g/mol. The smallest absolute Gasteiger partial charge is 0.239 e. The van der Waals surface area contributed by atoms with Crippen LogP contribution in [0.5, 0.6) is 0 Å². The van der Waals surface area contributed by atoms with Gasteiger partial charge in [-0.15, -0.1) is 0 Å². The van der Waals surface area contributed by atoms with Crippen LogP contribution in [0.4, 0.5) is 0 Å². The lowest BCUT2D eigenvalue weighted by molar-refractivity contribution is -0.127. The average Bonchev–Trinajstić information content (AvgIpc) is 2.30. The molecule has 19 heavy (non-hydrogen) atoms. The van der Waals surface area contributed by atoms with Gasteiger partial charge >= 0.3 is 0 Å². The number of nitrogens with one attached hydrogen (secondary N) is 3. The maximum Gasteiger partial charge on any atom is 0.239 e. The molecule has 110 valence electrons. The zero-order valence-corrected chi connectivity index (χ0v) is 12.3. The molecule has 3 N–H and O–H groups in total. The molecule has 0 bridgehead atoms. The van der Waals surface area contributed by atoms with Crippen molar-refractivity contribution < 1.29 is 14.4 Å². The van der Waals surface area contributed by atoms with Crippen LogP contribution in [-0.2, 0) is 14.4 Å². The molecule has 6 heteroatoms. The highest BCUT2D eigenvalue weighted by atomic mass is 16.2. The average molecular weight is 271 g/mol. The number of hydrogen-bond acceptors (Lipinski definition) is 3. The van der Waals surface area contributed by atoms with Gasteiger partial charge in [-0.2, -0.15) is 0 Å². The summed E-state index contributed by atoms with van der Waals surface area (Å²) in [5.74, 6) is -0.756. The Morgan fingerprint density at radius 3 is 1.79 bits per heavy atom. The number of rotatable bonds is 7. The van der Waals surface area contributed by atoms with E-state index in [4.69, 9.17) is 0 Å². The fraction of sp³-hybridized carbons (Fsp3) is 0.769. The van der Waals surface area contributed by atoms with Crippen molar-refractivity contribution in [3.8, 4) is 0 Å². The summed E-state index contributed by atoms with van der Waals surface area (Å²) in [6, 6.07) is 0. The molecule has 0 saturated heterocycles. The van der Waals surface area contributed by atoms with Crippen LogP contribution < -0.4 is 16.0 Å². The van der Waals surface area contributed by atoms with E-state index in [1.807, 2.05) is 27.7 Å². The minimum Gasteiger partial charge on any atom is -0.354 e. The van der Waals surface area contributed by atoms with Gasteiger partial charge in [0, 0.05) is 13.0 Å². The third-order valence-corrected chi connectivity index (χ3v) is 2.19. The highest BCUT2D eigenvalue weighted by molar-refractivity contribution is 5.88. The molecule has 0 spiro atoms. The Bertz CT molecular complexity index is 322. The topological polar surface area (TPSA) is 87.3 Å². The van der Waals surface area contributed by atoms with E-state index in [0.717, 1.165) is 6.42 Å². The van der Waals surface area contributed by atoms with Crippen molar-refractivity contribution in [1.82, 2.24) is 16.0 Å². The Labute approximate surface area is 114 Å². The predicted octanol–water partition coefficient (Wildman–Crippen LogP) is 0.181. The summed E-state index contributed by atoms with van der Waals surface area (Å²) < 4.78 is 0. The molecule has 0 aliphatic heterocycles. The first-order chi connectivity index (χ1) is 8.74. The van der Waals surface area contributed by atoms with Crippen molar-refractivity contribution in [2.24, 2.45) is 5.41 Å². The molecule has 0 atom stereocenters. The summed E-state index contributed by atoms with van der Waals surface area (Å²) in [7, 11) is 0. The summed E-state index contributed by atoms with van der Waals surface area (Å²) in [5, 5.41) is 7.65. The van der Waals surface area contributed by atoms with E-state index in [1.165, 1.54) is 0 Å². The van der Waals surface area contributed by atoms with Gasteiger partial charge in [0.1, 0.15) is 0 Å². The standard InChI is InChI=1S/C13H25N3O3/c1-5-6-10(17)14-7-11(18)15-8-12(19)16-9-13(2,3)4/h5-9H2,1-4H3,(H,14,17)(H,15,18)(H,16,19). The molecule has 0 fully saturated rings. The molecule has 0 aromatic heterocycles. The molecule has 0 aromatic carbocycles. The van der Waals surface area contributed by atoms with E-state index >= 15 is 0 Å². The fourth-order valence-electron chi connectivity index (χ4n) is 1.16. The highest BCUT2D eigenvalue weighted by Crippen LogP contribution is 2.09. The highest BCUT2D eigenvalue weighted by Gasteiger charge is 2.12. The van der Waals surface area contributed by atoms with Crippen LogP contribution in [0.2, 0.25) is 0 Å². The van der Waals surface area contributed by atoms with E-state index in [0.29, 0.717) is 13.0 Å². The number of carbonyl (C=O) groups excluding carboxylic acids is 3. The van der Waals surface area contributed by atoms with Crippen molar-refractivity contribution >= 4 is 17.7 Å². The monoisotopic (exact) mass is 271 g/mol. The van der Waals surface area contributed by atoms with Crippen LogP contribution in [0.1, 0.15) is 40.5 Å². The van der Waals surface area contributed by atoms with Crippen LogP contribution >= 0.6 is 0 Å². The van der Waals surface area contributed by atoms with Crippen molar-refractivity contribution in [3.63, 3.8) is 0 Å². The Hall–Kier alpha value is -1.59. The van der Waals surface area contributed by atoms with E-state index < -0.39 is 0 Å². The fourth-order valence-corrected chi connectivity index (χ4v) is 1.16. The molecule has 0 aliphatic rings. The molecular formula is C13H25N3O3. The molecule has 0 saturated carbocycles. The summed E-state index contributed by atoms with van der Waals surface area (Å²) in [5.41, 5.74) is 0.00773. The molecule has 0 unspecified atom stereocenters. The van der Waals surface area contributed by atoms with Crippen molar-refractivity contribution in [2.45, 2.75) is 40.5 Å². The summed E-state index contributed by atoms with van der Waals surface area (Å²) >= 11 is 0. The predicted molar refractivity (Wildman–Crippen MR) is 73.4 cm³/mol. The van der Waals surface area contributed by atoms with E-state index in [9.17, 15) is 14.4 Å². The third kappa shape index (κ3) is 11.2. The Morgan fingerprint density at radius 2 is 1.32 bits per heavy atom.